The van der Waals surface area contributed by atoms with Crippen LogP contribution in [0.2, 0.25) is 0 Å². The predicted octanol–water partition coefficient (Wildman–Crippen LogP) is 2.12. The molecular weight excluding hydrogens is 350 g/mol. The summed E-state index contributed by atoms with van der Waals surface area (Å²) in [4.78, 5) is 15.2. The first-order valence-corrected chi connectivity index (χ1v) is 8.48. The number of hydrogen-bond acceptors (Lipinski definition) is 9. The van der Waals surface area contributed by atoms with Crippen molar-refractivity contribution in [3.63, 3.8) is 0 Å². The molecule has 0 amide bonds. The van der Waals surface area contributed by atoms with Gasteiger partial charge in [0, 0.05) is 24.4 Å². The summed E-state index contributed by atoms with van der Waals surface area (Å²) in [5.41, 5.74) is 0.818. The maximum absolute atomic E-state index is 5.82. The minimum atomic E-state index is -0.329. The largest absolute Gasteiger partial charge is 0.497 e. The van der Waals surface area contributed by atoms with Gasteiger partial charge in [0.1, 0.15) is 11.9 Å². The molecule has 3 aromatic rings. The molecule has 1 atom stereocenters. The summed E-state index contributed by atoms with van der Waals surface area (Å²) < 4.78 is 21.6. The van der Waals surface area contributed by atoms with Gasteiger partial charge in [-0.1, -0.05) is 5.16 Å². The standard InChI is InChI=1S/C18H19N5O4/c1-24-13-5-3-12(4-6-13)17-21-16(22-27-17)14-11-23(9-10-26-14)18-19-8-7-15(20-18)25-2/h3-8,14H,9-11H2,1-2H3. The van der Waals surface area contributed by atoms with Crippen molar-refractivity contribution < 1.29 is 18.7 Å². The highest BCUT2D eigenvalue weighted by atomic mass is 16.5. The van der Waals surface area contributed by atoms with E-state index in [1.54, 1.807) is 26.5 Å². The zero-order valence-electron chi connectivity index (χ0n) is 15.0. The highest BCUT2D eigenvalue weighted by Gasteiger charge is 2.28. The van der Waals surface area contributed by atoms with Crippen LogP contribution in [-0.4, -0.2) is 54.0 Å². The third-order valence-electron chi connectivity index (χ3n) is 4.24. The number of aromatic nitrogens is 4. The number of ether oxygens (including phenoxy) is 3. The van der Waals surface area contributed by atoms with E-state index in [0.29, 0.717) is 43.2 Å². The first-order valence-electron chi connectivity index (χ1n) is 8.48. The third-order valence-corrected chi connectivity index (χ3v) is 4.24. The molecule has 3 heterocycles. The SMILES string of the molecule is COc1ccc(-c2nc(C3CN(c4nccc(OC)n4)CCO3)no2)cc1. The second-order valence-corrected chi connectivity index (χ2v) is 5.89. The number of benzene rings is 1. The third kappa shape index (κ3) is 3.68. The van der Waals surface area contributed by atoms with Crippen molar-refractivity contribution in [2.75, 3.05) is 38.8 Å². The van der Waals surface area contributed by atoms with Crippen LogP contribution in [0.25, 0.3) is 11.5 Å². The summed E-state index contributed by atoms with van der Waals surface area (Å²) in [6.45, 7) is 1.71. The number of nitrogens with zero attached hydrogens (tertiary/aromatic N) is 5. The fourth-order valence-corrected chi connectivity index (χ4v) is 2.80. The monoisotopic (exact) mass is 369 g/mol. The lowest BCUT2D eigenvalue weighted by Crippen LogP contribution is -2.39. The number of rotatable bonds is 5. The van der Waals surface area contributed by atoms with Crippen molar-refractivity contribution in [3.05, 3.63) is 42.4 Å². The summed E-state index contributed by atoms with van der Waals surface area (Å²) in [5, 5.41) is 4.09. The molecule has 1 fully saturated rings. The van der Waals surface area contributed by atoms with Crippen molar-refractivity contribution in [1.29, 1.82) is 0 Å². The van der Waals surface area contributed by atoms with E-state index >= 15 is 0 Å². The summed E-state index contributed by atoms with van der Waals surface area (Å²) in [6, 6.07) is 9.14. The van der Waals surface area contributed by atoms with Crippen LogP contribution < -0.4 is 14.4 Å². The maximum atomic E-state index is 5.82. The molecule has 9 nitrogen and oxygen atoms in total. The average Bonchev–Trinajstić information content (AvgIpc) is 3.24. The molecule has 2 aromatic heterocycles. The summed E-state index contributed by atoms with van der Waals surface area (Å²) >= 11 is 0. The molecule has 0 saturated carbocycles. The molecule has 1 unspecified atom stereocenters. The Morgan fingerprint density at radius 3 is 2.70 bits per heavy atom. The minimum Gasteiger partial charge on any atom is -0.497 e. The van der Waals surface area contributed by atoms with Crippen LogP contribution in [0.4, 0.5) is 5.95 Å². The molecule has 1 aromatic carbocycles. The Morgan fingerprint density at radius 1 is 1.07 bits per heavy atom. The molecule has 0 aliphatic carbocycles. The molecule has 1 saturated heterocycles. The molecule has 4 rings (SSSR count). The van der Waals surface area contributed by atoms with Crippen LogP contribution in [0, 0.1) is 0 Å². The minimum absolute atomic E-state index is 0.329. The van der Waals surface area contributed by atoms with E-state index in [1.807, 2.05) is 29.2 Å². The summed E-state index contributed by atoms with van der Waals surface area (Å²) in [5.74, 6) is 2.80. The van der Waals surface area contributed by atoms with Gasteiger partial charge in [0.2, 0.25) is 17.7 Å². The van der Waals surface area contributed by atoms with Crippen LogP contribution in [0.3, 0.4) is 0 Å². The fourth-order valence-electron chi connectivity index (χ4n) is 2.80. The van der Waals surface area contributed by atoms with Crippen molar-refractivity contribution in [2.24, 2.45) is 0 Å². The molecule has 9 heteroatoms. The molecule has 1 aliphatic heterocycles. The van der Waals surface area contributed by atoms with Gasteiger partial charge in [-0.15, -0.1) is 0 Å². The Bertz CT molecular complexity index is 899. The molecule has 140 valence electrons. The van der Waals surface area contributed by atoms with Gasteiger partial charge < -0.3 is 23.6 Å². The van der Waals surface area contributed by atoms with Gasteiger partial charge in [-0.25, -0.2) is 4.98 Å². The van der Waals surface area contributed by atoms with E-state index in [2.05, 4.69) is 20.1 Å². The molecular formula is C18H19N5O4. The lowest BCUT2D eigenvalue weighted by molar-refractivity contribution is 0.0320. The van der Waals surface area contributed by atoms with Crippen molar-refractivity contribution in [3.8, 4) is 23.1 Å². The second kappa shape index (κ2) is 7.58. The van der Waals surface area contributed by atoms with E-state index in [9.17, 15) is 0 Å². The van der Waals surface area contributed by atoms with E-state index < -0.39 is 0 Å². The Morgan fingerprint density at radius 2 is 1.93 bits per heavy atom. The fraction of sp³-hybridized carbons (Fsp3) is 0.333. The van der Waals surface area contributed by atoms with Crippen LogP contribution >= 0.6 is 0 Å². The average molecular weight is 369 g/mol. The molecule has 0 N–H and O–H groups in total. The van der Waals surface area contributed by atoms with Gasteiger partial charge in [-0.05, 0) is 24.3 Å². The molecule has 0 bridgehead atoms. The predicted molar refractivity (Wildman–Crippen MR) is 95.8 cm³/mol. The number of methoxy groups -OCH3 is 2. The number of hydrogen-bond donors (Lipinski definition) is 0. The second-order valence-electron chi connectivity index (χ2n) is 5.89. The summed E-state index contributed by atoms with van der Waals surface area (Å²) in [7, 11) is 3.20. The first kappa shape index (κ1) is 17.2. The number of morpholine rings is 1. The van der Waals surface area contributed by atoms with Crippen molar-refractivity contribution in [2.45, 2.75) is 6.10 Å². The maximum Gasteiger partial charge on any atom is 0.258 e. The Balaban J connectivity index is 1.50. The molecule has 27 heavy (non-hydrogen) atoms. The van der Waals surface area contributed by atoms with Crippen molar-refractivity contribution in [1.82, 2.24) is 20.1 Å². The molecule has 0 radical (unpaired) electrons. The van der Waals surface area contributed by atoms with E-state index in [4.69, 9.17) is 18.7 Å². The lowest BCUT2D eigenvalue weighted by Gasteiger charge is -2.31. The highest BCUT2D eigenvalue weighted by molar-refractivity contribution is 5.54. The van der Waals surface area contributed by atoms with E-state index in [-0.39, 0.29) is 6.10 Å². The Labute approximate surface area is 155 Å². The Kier molecular flexibility index (Phi) is 4.84. The lowest BCUT2D eigenvalue weighted by atomic mass is 10.2. The van der Waals surface area contributed by atoms with Gasteiger partial charge >= 0.3 is 0 Å². The topological polar surface area (TPSA) is 95.6 Å². The zero-order chi connectivity index (χ0) is 18.6. The molecule has 0 spiro atoms. The van der Waals surface area contributed by atoms with Crippen LogP contribution in [0.5, 0.6) is 11.6 Å². The van der Waals surface area contributed by atoms with Gasteiger partial charge in [0.25, 0.3) is 5.89 Å². The van der Waals surface area contributed by atoms with Gasteiger partial charge in [-0.3, -0.25) is 0 Å². The van der Waals surface area contributed by atoms with Gasteiger partial charge in [0.05, 0.1) is 27.4 Å². The molecule has 1 aliphatic rings. The Hall–Kier alpha value is -3.20. The van der Waals surface area contributed by atoms with Crippen LogP contribution in [0.15, 0.2) is 41.1 Å². The first-order chi connectivity index (χ1) is 13.3. The quantitative estimate of drug-likeness (QED) is 0.670. The zero-order valence-corrected chi connectivity index (χ0v) is 15.0. The summed E-state index contributed by atoms with van der Waals surface area (Å²) in [6.07, 6.45) is 1.34. The van der Waals surface area contributed by atoms with E-state index in [1.165, 1.54) is 0 Å². The van der Waals surface area contributed by atoms with Crippen molar-refractivity contribution >= 4 is 5.95 Å². The smallest absolute Gasteiger partial charge is 0.258 e. The van der Waals surface area contributed by atoms with Crippen LogP contribution in [-0.2, 0) is 4.74 Å². The highest BCUT2D eigenvalue weighted by Crippen LogP contribution is 2.26. The van der Waals surface area contributed by atoms with E-state index in [0.717, 1.165) is 11.3 Å². The van der Waals surface area contributed by atoms with Gasteiger partial charge in [0.15, 0.2) is 0 Å². The normalized spacial score (nSPS) is 17.0. The van der Waals surface area contributed by atoms with Crippen LogP contribution in [0.1, 0.15) is 11.9 Å². The van der Waals surface area contributed by atoms with Gasteiger partial charge in [-0.2, -0.15) is 9.97 Å². The number of anilines is 1.